The van der Waals surface area contributed by atoms with Crippen LogP contribution in [0.5, 0.6) is 0 Å². The third-order valence-electron chi connectivity index (χ3n) is 0.423. The molecule has 0 radical (unpaired) electrons. The standard InChI is InChI=1S/C6H6O2/c1-2-3-4-5-6(7)8/h2,5H,1H3,(H,7,8). The third kappa shape index (κ3) is 4.77. The monoisotopic (exact) mass is 110 g/mol. The molecule has 0 aliphatic carbocycles. The predicted molar refractivity (Wildman–Crippen MR) is 29.5 cm³/mol. The summed E-state index contributed by atoms with van der Waals surface area (Å²) in [5.74, 6) is -1.00. The first kappa shape index (κ1) is 6.77. The highest BCUT2D eigenvalue weighted by Gasteiger charge is 1.77. The van der Waals surface area contributed by atoms with Gasteiger partial charge >= 0.3 is 5.97 Å². The van der Waals surface area contributed by atoms with Gasteiger partial charge in [0, 0.05) is 0 Å². The van der Waals surface area contributed by atoms with E-state index in [0.717, 1.165) is 6.08 Å². The highest BCUT2D eigenvalue weighted by Crippen LogP contribution is 1.63. The first-order valence-corrected chi connectivity index (χ1v) is 2.12. The lowest BCUT2D eigenvalue weighted by atomic mass is 10.6. The average Bonchev–Trinajstić information content (AvgIpc) is 1.66. The molecule has 0 aromatic rings. The third-order valence-corrected chi connectivity index (χ3v) is 0.423. The van der Waals surface area contributed by atoms with Crippen LogP contribution < -0.4 is 0 Å². The maximum Gasteiger partial charge on any atom is 0.336 e. The Morgan fingerprint density at radius 3 is 2.62 bits per heavy atom. The molecule has 0 fully saturated rings. The molecule has 0 saturated heterocycles. The number of carboxylic acids is 1. The molecule has 42 valence electrons. The first-order chi connectivity index (χ1) is 3.77. The van der Waals surface area contributed by atoms with Gasteiger partial charge in [-0.3, -0.25) is 0 Å². The van der Waals surface area contributed by atoms with E-state index >= 15 is 0 Å². The van der Waals surface area contributed by atoms with Crippen molar-refractivity contribution in [2.75, 3.05) is 0 Å². The van der Waals surface area contributed by atoms with E-state index in [2.05, 4.69) is 11.5 Å². The summed E-state index contributed by atoms with van der Waals surface area (Å²) in [6.07, 6.45) is 2.49. The van der Waals surface area contributed by atoms with Crippen LogP contribution >= 0.6 is 0 Å². The Morgan fingerprint density at radius 1 is 1.62 bits per heavy atom. The molecule has 0 unspecified atom stereocenters. The Kier molecular flexibility index (Phi) is 3.34. The highest BCUT2D eigenvalue weighted by molar-refractivity contribution is 5.79. The number of rotatable bonds is 1. The molecule has 1 N–H and O–H groups in total. The number of allylic oxidation sites excluding steroid dienone is 1. The van der Waals surface area contributed by atoms with Gasteiger partial charge in [-0.2, -0.15) is 0 Å². The molecule has 0 aliphatic heterocycles. The van der Waals surface area contributed by atoms with Gasteiger partial charge in [0.15, 0.2) is 0 Å². The molecule has 0 aliphatic rings. The molecule has 0 saturated carbocycles. The Hall–Kier alpha value is -1.23. The SMILES string of the molecule is CC=C=C=CC(=O)O. The van der Waals surface area contributed by atoms with Crippen LogP contribution in [-0.2, 0) is 4.79 Å². The second kappa shape index (κ2) is 3.94. The molecule has 0 bridgehead atoms. The van der Waals surface area contributed by atoms with Crippen LogP contribution in [0.15, 0.2) is 23.6 Å². The fourth-order valence-electron chi connectivity index (χ4n) is 0.187. The molecule has 2 heteroatoms. The van der Waals surface area contributed by atoms with Gasteiger partial charge < -0.3 is 5.11 Å². The number of hydrogen-bond donors (Lipinski definition) is 1. The Labute approximate surface area is 47.5 Å². The van der Waals surface area contributed by atoms with Crippen LogP contribution in [0, 0.1) is 0 Å². The summed E-state index contributed by atoms with van der Waals surface area (Å²) in [6.45, 7) is 1.74. The van der Waals surface area contributed by atoms with E-state index in [4.69, 9.17) is 5.11 Å². The van der Waals surface area contributed by atoms with Gasteiger partial charge in [0.2, 0.25) is 0 Å². The molecular weight excluding hydrogens is 104 g/mol. The van der Waals surface area contributed by atoms with Crippen LogP contribution in [-0.4, -0.2) is 11.1 Å². The lowest BCUT2D eigenvalue weighted by Gasteiger charge is -1.65. The van der Waals surface area contributed by atoms with Crippen LogP contribution in [0.2, 0.25) is 0 Å². The molecule has 0 aromatic carbocycles. The molecule has 2 nitrogen and oxygen atoms in total. The zero-order chi connectivity index (χ0) is 6.41. The lowest BCUT2D eigenvalue weighted by Crippen LogP contribution is -1.82. The van der Waals surface area contributed by atoms with Crippen molar-refractivity contribution in [2.24, 2.45) is 0 Å². The zero-order valence-corrected chi connectivity index (χ0v) is 4.51. The van der Waals surface area contributed by atoms with Crippen LogP contribution in [0.3, 0.4) is 0 Å². The van der Waals surface area contributed by atoms with Crippen molar-refractivity contribution in [1.82, 2.24) is 0 Å². The van der Waals surface area contributed by atoms with Crippen LogP contribution in [0.1, 0.15) is 6.92 Å². The van der Waals surface area contributed by atoms with Crippen molar-refractivity contribution in [2.45, 2.75) is 6.92 Å². The minimum Gasteiger partial charge on any atom is -0.478 e. The summed E-state index contributed by atoms with van der Waals surface area (Å²) >= 11 is 0. The number of hydrogen-bond acceptors (Lipinski definition) is 1. The summed E-state index contributed by atoms with van der Waals surface area (Å²) < 4.78 is 0. The predicted octanol–water partition coefficient (Wildman–Crippen LogP) is 0.957. The molecule has 0 amide bonds. The van der Waals surface area contributed by atoms with Gasteiger partial charge in [-0.25, -0.2) is 4.79 Å². The molecule has 0 heterocycles. The first-order valence-electron chi connectivity index (χ1n) is 2.12. The van der Waals surface area contributed by atoms with Gasteiger partial charge in [0.25, 0.3) is 0 Å². The maximum absolute atomic E-state index is 9.70. The van der Waals surface area contributed by atoms with E-state index in [1.807, 2.05) is 0 Å². The number of carbonyl (C=O) groups is 1. The van der Waals surface area contributed by atoms with Gasteiger partial charge in [0.1, 0.15) is 0 Å². The van der Waals surface area contributed by atoms with Crippen molar-refractivity contribution in [1.29, 1.82) is 0 Å². The normalized spacial score (nSPS) is 6.12. The topological polar surface area (TPSA) is 37.3 Å². The summed E-state index contributed by atoms with van der Waals surface area (Å²) in [6, 6.07) is 0. The molecular formula is C6H6O2. The van der Waals surface area contributed by atoms with Gasteiger partial charge in [-0.15, -0.1) is 0 Å². The Morgan fingerprint density at radius 2 is 2.25 bits per heavy atom. The van der Waals surface area contributed by atoms with Crippen molar-refractivity contribution in [3.63, 3.8) is 0 Å². The quantitative estimate of drug-likeness (QED) is 0.403. The summed E-state index contributed by atoms with van der Waals surface area (Å²) in [5, 5.41) is 7.97. The van der Waals surface area contributed by atoms with Gasteiger partial charge in [-0.1, -0.05) is 11.5 Å². The van der Waals surface area contributed by atoms with E-state index in [0.29, 0.717) is 0 Å². The fraction of sp³-hybridized carbons (Fsp3) is 0.167. The largest absolute Gasteiger partial charge is 0.478 e. The number of carboxylic acid groups (broad SMARTS) is 1. The van der Waals surface area contributed by atoms with Crippen molar-refractivity contribution in [3.05, 3.63) is 23.6 Å². The summed E-state index contributed by atoms with van der Waals surface area (Å²) in [4.78, 5) is 9.70. The number of aliphatic carboxylic acids is 1. The molecule has 0 rings (SSSR count). The van der Waals surface area contributed by atoms with Gasteiger partial charge in [-0.05, 0) is 13.0 Å². The molecule has 0 spiro atoms. The minimum atomic E-state index is -1.00. The molecule has 8 heavy (non-hydrogen) atoms. The van der Waals surface area contributed by atoms with E-state index < -0.39 is 5.97 Å². The Bertz CT molecular complexity index is 167. The van der Waals surface area contributed by atoms with Crippen LogP contribution in [0.25, 0.3) is 0 Å². The van der Waals surface area contributed by atoms with E-state index in [9.17, 15) is 4.79 Å². The average molecular weight is 110 g/mol. The van der Waals surface area contributed by atoms with E-state index in [1.54, 1.807) is 13.0 Å². The fourth-order valence-corrected chi connectivity index (χ4v) is 0.187. The van der Waals surface area contributed by atoms with Gasteiger partial charge in [0.05, 0.1) is 6.08 Å². The Balaban J connectivity index is 4.04. The lowest BCUT2D eigenvalue weighted by molar-refractivity contribution is -0.131. The second-order valence-electron chi connectivity index (χ2n) is 1.06. The van der Waals surface area contributed by atoms with E-state index in [1.165, 1.54) is 0 Å². The van der Waals surface area contributed by atoms with Crippen molar-refractivity contribution in [3.8, 4) is 0 Å². The van der Waals surface area contributed by atoms with E-state index in [-0.39, 0.29) is 0 Å². The maximum atomic E-state index is 9.70. The summed E-state index contributed by atoms with van der Waals surface area (Å²) in [5.41, 5.74) is 4.77. The van der Waals surface area contributed by atoms with Crippen LogP contribution in [0.4, 0.5) is 0 Å². The molecule has 0 aromatic heterocycles. The zero-order valence-electron chi connectivity index (χ0n) is 4.51. The smallest absolute Gasteiger partial charge is 0.336 e. The summed E-state index contributed by atoms with van der Waals surface area (Å²) in [7, 11) is 0. The highest BCUT2D eigenvalue weighted by atomic mass is 16.4. The van der Waals surface area contributed by atoms with Crippen molar-refractivity contribution < 1.29 is 9.90 Å². The minimum absolute atomic E-state index is 0.903. The molecule has 0 atom stereocenters. The second-order valence-corrected chi connectivity index (χ2v) is 1.06. The van der Waals surface area contributed by atoms with Crippen molar-refractivity contribution >= 4 is 5.97 Å².